The standard InChI is InChI=1S/C12H15NO7S/c1-2-20-12(17)8-3-5-9(6-4-8)21(18,19)13-10(7-14)11(15)16/h3-6,10,13-14H,2,7H2,1H3,(H,15,16)/t10-/m0/s1. The number of rotatable bonds is 7. The Balaban J connectivity index is 2.94. The molecule has 21 heavy (non-hydrogen) atoms. The first-order valence-corrected chi connectivity index (χ1v) is 7.43. The van der Waals surface area contributed by atoms with E-state index in [9.17, 15) is 18.0 Å². The minimum atomic E-state index is -4.11. The highest BCUT2D eigenvalue weighted by Crippen LogP contribution is 2.12. The number of ether oxygens (including phenoxy) is 1. The molecule has 1 rings (SSSR count). The number of sulfonamides is 1. The van der Waals surface area contributed by atoms with Crippen molar-refractivity contribution in [2.75, 3.05) is 13.2 Å². The number of carboxylic acids is 1. The summed E-state index contributed by atoms with van der Waals surface area (Å²) in [5.74, 6) is -2.09. The number of carbonyl (C=O) groups is 2. The van der Waals surface area contributed by atoms with E-state index < -0.39 is 34.6 Å². The predicted molar refractivity (Wildman–Crippen MR) is 71.2 cm³/mol. The van der Waals surface area contributed by atoms with Gasteiger partial charge in [0.05, 0.1) is 23.7 Å². The molecule has 0 aliphatic heterocycles. The van der Waals surface area contributed by atoms with Gasteiger partial charge in [0, 0.05) is 0 Å². The lowest BCUT2D eigenvalue weighted by Crippen LogP contribution is -2.43. The number of aliphatic hydroxyl groups is 1. The summed E-state index contributed by atoms with van der Waals surface area (Å²) in [5.41, 5.74) is 0.174. The van der Waals surface area contributed by atoms with Gasteiger partial charge in [-0.05, 0) is 31.2 Å². The predicted octanol–water partition coefficient (Wildman–Crippen LogP) is -0.413. The Hall–Kier alpha value is -1.97. The largest absolute Gasteiger partial charge is 0.480 e. The van der Waals surface area contributed by atoms with E-state index >= 15 is 0 Å². The molecule has 8 nitrogen and oxygen atoms in total. The topological polar surface area (TPSA) is 130 Å². The summed E-state index contributed by atoms with van der Waals surface area (Å²) in [6.45, 7) is 0.953. The van der Waals surface area contributed by atoms with Crippen LogP contribution < -0.4 is 4.72 Å². The maximum Gasteiger partial charge on any atom is 0.338 e. The minimum absolute atomic E-state index is 0.174. The highest BCUT2D eigenvalue weighted by Gasteiger charge is 2.24. The quantitative estimate of drug-likeness (QED) is 0.583. The number of carboxylic acid groups (broad SMARTS) is 1. The second kappa shape index (κ2) is 7.16. The lowest BCUT2D eigenvalue weighted by molar-refractivity contribution is -0.139. The molecule has 3 N–H and O–H groups in total. The number of nitrogens with one attached hydrogen (secondary N) is 1. The smallest absolute Gasteiger partial charge is 0.338 e. The minimum Gasteiger partial charge on any atom is -0.480 e. The van der Waals surface area contributed by atoms with Crippen molar-refractivity contribution >= 4 is 22.0 Å². The van der Waals surface area contributed by atoms with Crippen molar-refractivity contribution in [2.24, 2.45) is 0 Å². The summed E-state index contributed by atoms with van der Waals surface area (Å²) in [7, 11) is -4.11. The summed E-state index contributed by atoms with van der Waals surface area (Å²) >= 11 is 0. The first-order chi connectivity index (χ1) is 9.81. The summed E-state index contributed by atoms with van der Waals surface area (Å²) < 4.78 is 30.4. The number of carbonyl (C=O) groups excluding carboxylic acids is 1. The van der Waals surface area contributed by atoms with Gasteiger partial charge < -0.3 is 14.9 Å². The Morgan fingerprint density at radius 2 is 1.86 bits per heavy atom. The zero-order valence-corrected chi connectivity index (χ0v) is 12.0. The van der Waals surface area contributed by atoms with Crippen LogP contribution in [0.1, 0.15) is 17.3 Å². The van der Waals surface area contributed by atoms with Crippen LogP contribution in [-0.4, -0.2) is 49.8 Å². The first kappa shape index (κ1) is 17.1. The Labute approximate surface area is 121 Å². The van der Waals surface area contributed by atoms with E-state index in [0.717, 1.165) is 12.1 Å². The zero-order chi connectivity index (χ0) is 16.0. The van der Waals surface area contributed by atoms with Crippen LogP contribution in [0.2, 0.25) is 0 Å². The van der Waals surface area contributed by atoms with Gasteiger partial charge in [0.1, 0.15) is 6.04 Å². The highest BCUT2D eigenvalue weighted by atomic mass is 32.2. The second-order valence-corrected chi connectivity index (χ2v) is 5.65. The lowest BCUT2D eigenvalue weighted by atomic mass is 10.2. The van der Waals surface area contributed by atoms with Crippen molar-refractivity contribution < 1.29 is 33.0 Å². The van der Waals surface area contributed by atoms with E-state index in [4.69, 9.17) is 14.9 Å². The van der Waals surface area contributed by atoms with Crippen molar-refractivity contribution in [1.82, 2.24) is 4.72 Å². The fourth-order valence-electron chi connectivity index (χ4n) is 1.41. The van der Waals surface area contributed by atoms with Gasteiger partial charge in [-0.25, -0.2) is 13.2 Å². The molecule has 0 aromatic heterocycles. The van der Waals surface area contributed by atoms with E-state index in [0.29, 0.717) is 0 Å². The molecule has 0 saturated heterocycles. The van der Waals surface area contributed by atoms with Gasteiger partial charge in [-0.3, -0.25) is 4.79 Å². The average Bonchev–Trinajstić information content (AvgIpc) is 2.45. The van der Waals surface area contributed by atoms with Gasteiger partial charge >= 0.3 is 11.9 Å². The van der Waals surface area contributed by atoms with Crippen LogP contribution in [0.25, 0.3) is 0 Å². The van der Waals surface area contributed by atoms with Gasteiger partial charge in [0.15, 0.2) is 0 Å². The number of hydrogen-bond donors (Lipinski definition) is 3. The summed E-state index contributed by atoms with van der Waals surface area (Å²) in [6.07, 6.45) is 0. The molecule has 0 heterocycles. The van der Waals surface area contributed by atoms with Crippen LogP contribution in [0.15, 0.2) is 29.2 Å². The van der Waals surface area contributed by atoms with E-state index in [1.807, 2.05) is 4.72 Å². The monoisotopic (exact) mass is 317 g/mol. The van der Waals surface area contributed by atoms with Gasteiger partial charge in [-0.2, -0.15) is 4.72 Å². The van der Waals surface area contributed by atoms with Crippen LogP contribution in [0, 0.1) is 0 Å². The molecule has 116 valence electrons. The van der Waals surface area contributed by atoms with Crippen LogP contribution >= 0.6 is 0 Å². The van der Waals surface area contributed by atoms with Gasteiger partial charge in [-0.15, -0.1) is 0 Å². The fraction of sp³-hybridized carbons (Fsp3) is 0.333. The van der Waals surface area contributed by atoms with E-state index in [-0.39, 0.29) is 17.1 Å². The molecule has 1 aromatic carbocycles. The maximum absolute atomic E-state index is 11.9. The Morgan fingerprint density at radius 1 is 1.29 bits per heavy atom. The summed E-state index contributed by atoms with van der Waals surface area (Å²) in [4.78, 5) is 21.9. The molecule has 0 amide bonds. The van der Waals surface area contributed by atoms with E-state index in [1.54, 1.807) is 6.92 Å². The van der Waals surface area contributed by atoms with Crippen LogP contribution in [-0.2, 0) is 19.6 Å². The average molecular weight is 317 g/mol. The van der Waals surface area contributed by atoms with E-state index in [2.05, 4.69) is 0 Å². The van der Waals surface area contributed by atoms with Crippen molar-refractivity contribution in [3.63, 3.8) is 0 Å². The molecule has 1 atom stereocenters. The lowest BCUT2D eigenvalue weighted by Gasteiger charge is -2.12. The SMILES string of the molecule is CCOC(=O)c1ccc(S(=O)(=O)N[C@@H](CO)C(=O)O)cc1. The molecule has 0 saturated carbocycles. The molecule has 9 heteroatoms. The van der Waals surface area contributed by atoms with Crippen LogP contribution in [0.5, 0.6) is 0 Å². The zero-order valence-electron chi connectivity index (χ0n) is 11.1. The molecule has 0 fully saturated rings. The van der Waals surface area contributed by atoms with Crippen molar-refractivity contribution in [3.05, 3.63) is 29.8 Å². The third-order valence-corrected chi connectivity index (χ3v) is 3.94. The number of aliphatic hydroxyl groups excluding tert-OH is 1. The number of aliphatic carboxylic acids is 1. The molecule has 0 radical (unpaired) electrons. The van der Waals surface area contributed by atoms with Gasteiger partial charge in [0.25, 0.3) is 0 Å². The first-order valence-electron chi connectivity index (χ1n) is 5.95. The van der Waals surface area contributed by atoms with Crippen LogP contribution in [0.3, 0.4) is 0 Å². The molecule has 0 spiro atoms. The van der Waals surface area contributed by atoms with E-state index in [1.165, 1.54) is 12.1 Å². The number of hydrogen-bond acceptors (Lipinski definition) is 6. The third-order valence-electron chi connectivity index (χ3n) is 2.45. The molecular formula is C12H15NO7S. The Bertz CT molecular complexity index is 609. The third kappa shape index (κ3) is 4.52. The van der Waals surface area contributed by atoms with Gasteiger partial charge in [-0.1, -0.05) is 0 Å². The molecule has 0 aliphatic rings. The van der Waals surface area contributed by atoms with Gasteiger partial charge in [0.2, 0.25) is 10.0 Å². The molecule has 0 unspecified atom stereocenters. The fourth-order valence-corrected chi connectivity index (χ4v) is 2.59. The Kier molecular flexibility index (Phi) is 5.82. The molecule has 0 aliphatic carbocycles. The van der Waals surface area contributed by atoms with Crippen LogP contribution in [0.4, 0.5) is 0 Å². The summed E-state index contributed by atoms with van der Waals surface area (Å²) in [6, 6.07) is 3.15. The molecule has 0 bridgehead atoms. The maximum atomic E-state index is 11.9. The molecule has 1 aromatic rings. The number of esters is 1. The number of benzene rings is 1. The van der Waals surface area contributed by atoms with Crippen molar-refractivity contribution in [3.8, 4) is 0 Å². The highest BCUT2D eigenvalue weighted by molar-refractivity contribution is 7.89. The second-order valence-electron chi connectivity index (χ2n) is 3.94. The van der Waals surface area contributed by atoms with Crippen molar-refractivity contribution in [1.29, 1.82) is 0 Å². The van der Waals surface area contributed by atoms with Crippen molar-refractivity contribution in [2.45, 2.75) is 17.9 Å². The Morgan fingerprint density at radius 3 is 2.29 bits per heavy atom. The summed E-state index contributed by atoms with van der Waals surface area (Å²) in [5, 5.41) is 17.5. The molecular weight excluding hydrogens is 302 g/mol. The normalized spacial score (nSPS) is 12.7.